The fourth-order valence-corrected chi connectivity index (χ4v) is 2.14. The van der Waals surface area contributed by atoms with Gasteiger partial charge in [-0.2, -0.15) is 5.26 Å². The topological polar surface area (TPSA) is 54.3 Å². The summed E-state index contributed by atoms with van der Waals surface area (Å²) in [6.45, 7) is 0. The lowest BCUT2D eigenvalue weighted by atomic mass is 10.0. The first-order valence-corrected chi connectivity index (χ1v) is 6.69. The van der Waals surface area contributed by atoms with Crippen LogP contribution in [0.4, 0.5) is 5.69 Å². The average Bonchev–Trinajstić information content (AvgIpc) is 2.55. The van der Waals surface area contributed by atoms with Gasteiger partial charge >= 0.3 is 0 Å². The quantitative estimate of drug-likeness (QED) is 0.876. The SMILES string of the molecule is COc1ccc(OC)c(NC(CC#N)c2ccccc2)c1. The summed E-state index contributed by atoms with van der Waals surface area (Å²) in [4.78, 5) is 0. The maximum Gasteiger partial charge on any atom is 0.142 e. The summed E-state index contributed by atoms with van der Waals surface area (Å²) in [6.07, 6.45) is 0.365. The molecular weight excluding hydrogens is 264 g/mol. The van der Waals surface area contributed by atoms with Crippen molar-refractivity contribution in [1.82, 2.24) is 0 Å². The molecule has 0 aromatic heterocycles. The van der Waals surface area contributed by atoms with Gasteiger partial charge in [0.05, 0.1) is 38.4 Å². The molecule has 2 aromatic rings. The molecule has 4 heteroatoms. The van der Waals surface area contributed by atoms with Crippen LogP contribution >= 0.6 is 0 Å². The Morgan fingerprint density at radius 3 is 2.48 bits per heavy atom. The van der Waals surface area contributed by atoms with Crippen molar-refractivity contribution in [3.63, 3.8) is 0 Å². The molecule has 0 aliphatic carbocycles. The minimum atomic E-state index is -0.0998. The van der Waals surface area contributed by atoms with E-state index >= 15 is 0 Å². The Labute approximate surface area is 124 Å². The van der Waals surface area contributed by atoms with Crippen molar-refractivity contribution in [2.45, 2.75) is 12.5 Å². The van der Waals surface area contributed by atoms with E-state index in [9.17, 15) is 0 Å². The van der Waals surface area contributed by atoms with Crippen LogP contribution in [0.15, 0.2) is 48.5 Å². The third kappa shape index (κ3) is 3.67. The zero-order valence-corrected chi connectivity index (χ0v) is 12.2. The molecule has 1 unspecified atom stereocenters. The normalized spacial score (nSPS) is 11.3. The van der Waals surface area contributed by atoms with E-state index < -0.39 is 0 Å². The number of ether oxygens (including phenoxy) is 2. The van der Waals surface area contributed by atoms with E-state index in [1.54, 1.807) is 14.2 Å². The number of hydrogen-bond acceptors (Lipinski definition) is 4. The molecule has 0 saturated heterocycles. The highest BCUT2D eigenvalue weighted by atomic mass is 16.5. The molecule has 108 valence electrons. The maximum atomic E-state index is 9.06. The minimum Gasteiger partial charge on any atom is -0.497 e. The van der Waals surface area contributed by atoms with Crippen molar-refractivity contribution < 1.29 is 9.47 Å². The van der Waals surface area contributed by atoms with Gasteiger partial charge < -0.3 is 14.8 Å². The van der Waals surface area contributed by atoms with Gasteiger partial charge in [0.1, 0.15) is 11.5 Å². The molecule has 0 bridgehead atoms. The highest BCUT2D eigenvalue weighted by Gasteiger charge is 2.14. The van der Waals surface area contributed by atoms with Gasteiger partial charge in [0.2, 0.25) is 0 Å². The summed E-state index contributed by atoms with van der Waals surface area (Å²) < 4.78 is 10.6. The molecule has 2 rings (SSSR count). The molecule has 0 amide bonds. The van der Waals surface area contributed by atoms with E-state index in [1.165, 1.54) is 0 Å². The third-order valence-corrected chi connectivity index (χ3v) is 3.23. The lowest BCUT2D eigenvalue weighted by Gasteiger charge is -2.20. The zero-order valence-electron chi connectivity index (χ0n) is 12.2. The molecule has 4 nitrogen and oxygen atoms in total. The van der Waals surface area contributed by atoms with Gasteiger partial charge in [-0.1, -0.05) is 30.3 Å². The number of benzene rings is 2. The van der Waals surface area contributed by atoms with Gasteiger partial charge in [0.25, 0.3) is 0 Å². The van der Waals surface area contributed by atoms with Crippen LogP contribution in [-0.2, 0) is 0 Å². The van der Waals surface area contributed by atoms with E-state index in [-0.39, 0.29) is 6.04 Å². The smallest absolute Gasteiger partial charge is 0.142 e. The van der Waals surface area contributed by atoms with E-state index in [0.717, 1.165) is 22.7 Å². The Kier molecular flexibility index (Phi) is 5.05. The Balaban J connectivity index is 2.30. The molecule has 21 heavy (non-hydrogen) atoms. The Hall–Kier alpha value is -2.67. The number of nitrogens with one attached hydrogen (secondary N) is 1. The van der Waals surface area contributed by atoms with Crippen LogP contribution in [0.5, 0.6) is 11.5 Å². The minimum absolute atomic E-state index is 0.0998. The van der Waals surface area contributed by atoms with Crippen LogP contribution in [0.1, 0.15) is 18.0 Å². The van der Waals surface area contributed by atoms with Gasteiger partial charge in [-0.05, 0) is 17.7 Å². The second-order valence-electron chi connectivity index (χ2n) is 4.54. The monoisotopic (exact) mass is 282 g/mol. The van der Waals surface area contributed by atoms with Crippen molar-refractivity contribution in [2.24, 2.45) is 0 Å². The average molecular weight is 282 g/mol. The number of anilines is 1. The Morgan fingerprint density at radius 2 is 1.86 bits per heavy atom. The lowest BCUT2D eigenvalue weighted by molar-refractivity contribution is 0.404. The van der Waals surface area contributed by atoms with E-state index in [1.807, 2.05) is 48.5 Å². The lowest BCUT2D eigenvalue weighted by Crippen LogP contribution is -2.11. The van der Waals surface area contributed by atoms with Crippen LogP contribution in [0.25, 0.3) is 0 Å². The second-order valence-corrected chi connectivity index (χ2v) is 4.54. The van der Waals surface area contributed by atoms with Gasteiger partial charge in [-0.3, -0.25) is 0 Å². The van der Waals surface area contributed by atoms with Gasteiger partial charge in [0.15, 0.2) is 0 Å². The van der Waals surface area contributed by atoms with Crippen LogP contribution < -0.4 is 14.8 Å². The summed E-state index contributed by atoms with van der Waals surface area (Å²) in [5.41, 5.74) is 1.87. The van der Waals surface area contributed by atoms with Crippen LogP contribution in [-0.4, -0.2) is 14.2 Å². The Bertz CT molecular complexity index is 620. The summed E-state index contributed by atoms with van der Waals surface area (Å²) >= 11 is 0. The second kappa shape index (κ2) is 7.20. The summed E-state index contributed by atoms with van der Waals surface area (Å²) in [5.74, 6) is 1.46. The van der Waals surface area contributed by atoms with Gasteiger partial charge in [-0.25, -0.2) is 0 Å². The molecule has 1 N–H and O–H groups in total. The van der Waals surface area contributed by atoms with E-state index in [0.29, 0.717) is 6.42 Å². The molecular formula is C17H18N2O2. The van der Waals surface area contributed by atoms with Crippen molar-refractivity contribution in [3.8, 4) is 17.6 Å². The van der Waals surface area contributed by atoms with Gasteiger partial charge in [-0.15, -0.1) is 0 Å². The van der Waals surface area contributed by atoms with Crippen LogP contribution in [0.2, 0.25) is 0 Å². The van der Waals surface area contributed by atoms with E-state index in [2.05, 4.69) is 11.4 Å². The standard InChI is InChI=1S/C17H18N2O2/c1-20-14-8-9-17(21-2)16(12-14)19-15(10-11-18)13-6-4-3-5-7-13/h3-9,12,15,19H,10H2,1-2H3. The summed E-state index contributed by atoms with van der Waals surface area (Å²) in [5, 5.41) is 12.4. The van der Waals surface area contributed by atoms with E-state index in [4.69, 9.17) is 14.7 Å². The number of nitriles is 1. The predicted octanol–water partition coefficient (Wildman–Crippen LogP) is 3.77. The highest BCUT2D eigenvalue weighted by molar-refractivity contribution is 5.60. The molecule has 0 saturated carbocycles. The first-order valence-electron chi connectivity index (χ1n) is 6.69. The van der Waals surface area contributed by atoms with Crippen LogP contribution in [0, 0.1) is 11.3 Å². The van der Waals surface area contributed by atoms with Crippen molar-refractivity contribution in [2.75, 3.05) is 19.5 Å². The molecule has 0 fully saturated rings. The third-order valence-electron chi connectivity index (χ3n) is 3.23. The van der Waals surface area contributed by atoms with Crippen molar-refractivity contribution in [3.05, 3.63) is 54.1 Å². The summed E-state index contributed by atoms with van der Waals surface area (Å²) in [7, 11) is 3.24. The number of methoxy groups -OCH3 is 2. The molecule has 2 aromatic carbocycles. The zero-order chi connectivity index (χ0) is 15.1. The first kappa shape index (κ1) is 14.7. The molecule has 0 radical (unpaired) electrons. The molecule has 0 spiro atoms. The Morgan fingerprint density at radius 1 is 1.10 bits per heavy atom. The van der Waals surface area contributed by atoms with Crippen molar-refractivity contribution >= 4 is 5.69 Å². The largest absolute Gasteiger partial charge is 0.497 e. The van der Waals surface area contributed by atoms with Gasteiger partial charge in [0, 0.05) is 6.07 Å². The first-order chi connectivity index (χ1) is 10.3. The number of rotatable bonds is 6. The fourth-order valence-electron chi connectivity index (χ4n) is 2.14. The number of nitrogens with zero attached hydrogens (tertiary/aromatic N) is 1. The van der Waals surface area contributed by atoms with Crippen molar-refractivity contribution in [1.29, 1.82) is 5.26 Å². The molecule has 1 atom stereocenters. The highest BCUT2D eigenvalue weighted by Crippen LogP contribution is 2.32. The maximum absolute atomic E-state index is 9.06. The number of hydrogen-bond donors (Lipinski definition) is 1. The summed E-state index contributed by atoms with van der Waals surface area (Å²) in [6, 6.07) is 17.6. The van der Waals surface area contributed by atoms with Crippen LogP contribution in [0.3, 0.4) is 0 Å². The molecule has 0 aliphatic rings. The molecule has 0 aliphatic heterocycles. The molecule has 0 heterocycles. The fraction of sp³-hybridized carbons (Fsp3) is 0.235. The predicted molar refractivity (Wildman–Crippen MR) is 82.6 cm³/mol.